The summed E-state index contributed by atoms with van der Waals surface area (Å²) >= 11 is 1.62. The third-order valence-electron chi connectivity index (χ3n) is 3.79. The van der Waals surface area contributed by atoms with Crippen LogP contribution in [0.1, 0.15) is 33.5 Å². The third-order valence-corrected chi connectivity index (χ3v) is 4.69. The first-order chi connectivity index (χ1) is 11.8. The molecule has 0 amide bonds. The Morgan fingerprint density at radius 2 is 1.21 bits per heavy atom. The summed E-state index contributed by atoms with van der Waals surface area (Å²) in [6, 6.07) is 10.1. The molecule has 114 valence electrons. The minimum Gasteiger partial charge on any atom is -0.347 e. The molecule has 5 heterocycles. The highest BCUT2D eigenvalue weighted by Crippen LogP contribution is 2.20. The van der Waals surface area contributed by atoms with Gasteiger partial charge in [-0.1, -0.05) is 11.3 Å². The Bertz CT molecular complexity index is 1030. The van der Waals surface area contributed by atoms with E-state index in [4.69, 9.17) is 0 Å². The lowest BCUT2D eigenvalue weighted by molar-refractivity contribution is 1.26. The van der Waals surface area contributed by atoms with Crippen molar-refractivity contribution in [3.63, 3.8) is 0 Å². The first kappa shape index (κ1) is 13.4. The van der Waals surface area contributed by atoms with Gasteiger partial charge in [0, 0.05) is 5.52 Å². The molecular weight excluding hydrogens is 316 g/mol. The van der Waals surface area contributed by atoms with Gasteiger partial charge in [-0.3, -0.25) is 0 Å². The van der Waals surface area contributed by atoms with Crippen molar-refractivity contribution in [2.45, 2.75) is 0 Å². The number of nitrogens with zero attached hydrogens (tertiary/aromatic N) is 3. The Balaban J connectivity index is 1.83. The van der Waals surface area contributed by atoms with Crippen LogP contribution < -0.4 is 0 Å². The van der Waals surface area contributed by atoms with Crippen LogP contribution in [0.3, 0.4) is 0 Å². The molecule has 5 rings (SSSR count). The van der Waals surface area contributed by atoms with Crippen molar-refractivity contribution in [3.8, 4) is 0 Å². The highest BCUT2D eigenvalue weighted by molar-refractivity contribution is 7.17. The van der Waals surface area contributed by atoms with Crippen LogP contribution in [0.5, 0.6) is 0 Å². The summed E-state index contributed by atoms with van der Waals surface area (Å²) in [5, 5.41) is 0.966. The van der Waals surface area contributed by atoms with Crippen molar-refractivity contribution < 1.29 is 0 Å². The predicted molar refractivity (Wildman–Crippen MR) is 100 cm³/mol. The fourth-order valence-corrected chi connectivity index (χ4v) is 3.53. The molecule has 3 aliphatic rings. The molecule has 1 N–H and O–H groups in total. The normalized spacial score (nSPS) is 13.3. The molecule has 0 aliphatic carbocycles. The van der Waals surface area contributed by atoms with Crippen LogP contribution in [0.4, 0.5) is 0 Å². The summed E-state index contributed by atoms with van der Waals surface area (Å²) in [6.07, 6.45) is 12.1. The molecule has 0 unspecified atom stereocenters. The van der Waals surface area contributed by atoms with E-state index >= 15 is 0 Å². The highest BCUT2D eigenvalue weighted by atomic mass is 32.1. The van der Waals surface area contributed by atoms with Crippen molar-refractivity contribution in [2.24, 2.45) is 0 Å². The molecule has 5 heteroatoms. The standard InChI is InChI=1S/C19H12N4S/c1-3-14-10-16-5-7-18(22-16)24-19-8-6-17(23-19)11-15-4-2-13(21-15)9-12(1)20-14/h1-11,22H. The number of aromatic amines is 1. The van der Waals surface area contributed by atoms with Crippen molar-refractivity contribution in [1.29, 1.82) is 0 Å². The number of rotatable bonds is 0. The number of hydrogen-bond donors (Lipinski definition) is 1. The second-order valence-electron chi connectivity index (χ2n) is 5.61. The Labute approximate surface area is 142 Å². The van der Waals surface area contributed by atoms with E-state index in [-0.39, 0.29) is 0 Å². The van der Waals surface area contributed by atoms with Crippen molar-refractivity contribution in [1.82, 2.24) is 19.9 Å². The highest BCUT2D eigenvalue weighted by Gasteiger charge is 2.04. The summed E-state index contributed by atoms with van der Waals surface area (Å²) in [6.45, 7) is 0. The van der Waals surface area contributed by atoms with Gasteiger partial charge in [0.05, 0.1) is 33.3 Å². The van der Waals surface area contributed by atoms with E-state index in [1.807, 2.05) is 54.7 Å². The summed E-state index contributed by atoms with van der Waals surface area (Å²) in [7, 11) is 0. The average Bonchev–Trinajstić information content (AvgIpc) is 3.32. The molecule has 0 saturated heterocycles. The van der Waals surface area contributed by atoms with Crippen molar-refractivity contribution >= 4 is 58.1 Å². The van der Waals surface area contributed by atoms with Crippen molar-refractivity contribution in [3.05, 3.63) is 63.8 Å². The second-order valence-corrected chi connectivity index (χ2v) is 6.67. The van der Waals surface area contributed by atoms with Gasteiger partial charge in [0.15, 0.2) is 0 Å². The molecule has 0 radical (unpaired) electrons. The Hall–Kier alpha value is -3.05. The maximum atomic E-state index is 4.63. The van der Waals surface area contributed by atoms with E-state index in [9.17, 15) is 0 Å². The van der Waals surface area contributed by atoms with Crippen LogP contribution in [-0.2, 0) is 0 Å². The van der Waals surface area contributed by atoms with Crippen LogP contribution in [0, 0.1) is 0 Å². The van der Waals surface area contributed by atoms with Gasteiger partial charge >= 0.3 is 0 Å². The smallest absolute Gasteiger partial charge is 0.118 e. The molecule has 0 spiro atoms. The Kier molecular flexibility index (Phi) is 2.93. The van der Waals surface area contributed by atoms with E-state index in [2.05, 4.69) is 32.1 Å². The molecule has 24 heavy (non-hydrogen) atoms. The average molecular weight is 328 g/mol. The summed E-state index contributed by atoms with van der Waals surface area (Å²) in [5.41, 5.74) is 5.60. The fourth-order valence-electron chi connectivity index (χ4n) is 2.72. The van der Waals surface area contributed by atoms with Crippen LogP contribution in [0.25, 0.3) is 46.8 Å². The van der Waals surface area contributed by atoms with Crippen LogP contribution in [0.15, 0.2) is 30.3 Å². The number of H-pyrrole nitrogens is 1. The minimum atomic E-state index is 0.904. The monoisotopic (exact) mass is 328 g/mol. The van der Waals surface area contributed by atoms with E-state index in [1.165, 1.54) is 0 Å². The number of hydrogen-bond acceptors (Lipinski definition) is 4. The lowest BCUT2D eigenvalue weighted by Crippen LogP contribution is -1.78. The van der Waals surface area contributed by atoms with E-state index in [1.54, 1.807) is 11.3 Å². The van der Waals surface area contributed by atoms with Gasteiger partial charge in [0.2, 0.25) is 0 Å². The van der Waals surface area contributed by atoms with E-state index < -0.39 is 0 Å². The molecule has 2 aromatic rings. The topological polar surface area (TPSA) is 54.5 Å². The van der Waals surface area contributed by atoms with Crippen molar-refractivity contribution in [2.75, 3.05) is 0 Å². The SMILES string of the molecule is C1=Cc2cc3nc(sc4ccc(cc5nc(cc1n2)C=C5)[nH]4)C=C3. The first-order valence-corrected chi connectivity index (χ1v) is 8.44. The van der Waals surface area contributed by atoms with Gasteiger partial charge < -0.3 is 4.98 Å². The van der Waals surface area contributed by atoms with Crippen LogP contribution >= 0.6 is 11.3 Å². The summed E-state index contributed by atoms with van der Waals surface area (Å²) < 4.78 is 0. The molecule has 2 aromatic heterocycles. The van der Waals surface area contributed by atoms with E-state index in [0.29, 0.717) is 0 Å². The number of aromatic nitrogens is 4. The van der Waals surface area contributed by atoms with Crippen LogP contribution in [-0.4, -0.2) is 19.9 Å². The second kappa shape index (κ2) is 5.25. The molecule has 3 aliphatic heterocycles. The first-order valence-electron chi connectivity index (χ1n) is 7.62. The zero-order chi connectivity index (χ0) is 15.9. The summed E-state index contributed by atoms with van der Waals surface area (Å²) in [5.74, 6) is 0. The quantitative estimate of drug-likeness (QED) is 0.449. The van der Waals surface area contributed by atoms with Gasteiger partial charge in [0.1, 0.15) is 5.01 Å². The lowest BCUT2D eigenvalue weighted by Gasteiger charge is -1.86. The zero-order valence-electron chi connectivity index (χ0n) is 12.6. The Morgan fingerprint density at radius 1 is 0.625 bits per heavy atom. The minimum absolute atomic E-state index is 0.904. The number of nitrogens with one attached hydrogen (secondary N) is 1. The van der Waals surface area contributed by atoms with Crippen LogP contribution in [0.2, 0.25) is 0 Å². The molecule has 0 fully saturated rings. The van der Waals surface area contributed by atoms with E-state index in [0.717, 1.165) is 43.8 Å². The van der Waals surface area contributed by atoms with Gasteiger partial charge in [-0.15, -0.1) is 0 Å². The molecule has 0 aromatic carbocycles. The Morgan fingerprint density at radius 3 is 1.92 bits per heavy atom. The molecule has 0 atom stereocenters. The molecule has 8 bridgehead atoms. The van der Waals surface area contributed by atoms with Gasteiger partial charge in [-0.05, 0) is 66.8 Å². The maximum Gasteiger partial charge on any atom is 0.118 e. The number of fused-ring (bicyclic) bond motifs is 8. The molecule has 4 nitrogen and oxygen atoms in total. The van der Waals surface area contributed by atoms with Gasteiger partial charge in [0.25, 0.3) is 0 Å². The fraction of sp³-hybridized carbons (Fsp3) is 0. The largest absolute Gasteiger partial charge is 0.347 e. The lowest BCUT2D eigenvalue weighted by atomic mass is 10.3. The molecule has 0 saturated carbocycles. The maximum absolute atomic E-state index is 4.63. The molecular formula is C19H12N4S. The summed E-state index contributed by atoms with van der Waals surface area (Å²) in [4.78, 5) is 18.3. The van der Waals surface area contributed by atoms with Gasteiger partial charge in [-0.2, -0.15) is 0 Å². The zero-order valence-corrected chi connectivity index (χ0v) is 13.4. The van der Waals surface area contributed by atoms with Gasteiger partial charge in [-0.25, -0.2) is 15.0 Å². The predicted octanol–water partition coefficient (Wildman–Crippen LogP) is 4.68. The third kappa shape index (κ3) is 2.55.